The molecule has 0 aromatic heterocycles. The summed E-state index contributed by atoms with van der Waals surface area (Å²) in [4.78, 5) is 12.1. The van der Waals surface area contributed by atoms with Gasteiger partial charge in [-0.05, 0) is 37.5 Å². The number of primary sulfonamides is 1. The lowest BCUT2D eigenvalue weighted by Crippen LogP contribution is -2.40. The first-order valence-electron chi connectivity index (χ1n) is 6.49. The molecule has 3 N–H and O–H groups in total. The largest absolute Gasteiger partial charge is 0.379 e. The van der Waals surface area contributed by atoms with Crippen LogP contribution >= 0.6 is 11.6 Å². The zero-order valence-electron chi connectivity index (χ0n) is 11.5. The molecule has 2 unspecified atom stereocenters. The monoisotopic (exact) mass is 332 g/mol. The van der Waals surface area contributed by atoms with Crippen LogP contribution in [0.25, 0.3) is 0 Å². The Bertz CT molecular complexity index is 648. The number of amides is 1. The minimum absolute atomic E-state index is 0.0332. The van der Waals surface area contributed by atoms with E-state index in [9.17, 15) is 13.2 Å². The van der Waals surface area contributed by atoms with Crippen LogP contribution in [0.5, 0.6) is 0 Å². The summed E-state index contributed by atoms with van der Waals surface area (Å²) in [6.07, 6.45) is 2.63. The van der Waals surface area contributed by atoms with E-state index in [4.69, 9.17) is 21.5 Å². The van der Waals surface area contributed by atoms with Crippen molar-refractivity contribution in [3.63, 3.8) is 0 Å². The summed E-state index contributed by atoms with van der Waals surface area (Å²) >= 11 is 5.97. The van der Waals surface area contributed by atoms with Gasteiger partial charge in [0.15, 0.2) is 0 Å². The molecule has 0 spiro atoms. The van der Waals surface area contributed by atoms with Crippen LogP contribution in [0, 0.1) is 0 Å². The van der Waals surface area contributed by atoms with Gasteiger partial charge < -0.3 is 10.1 Å². The Morgan fingerprint density at radius 3 is 2.76 bits per heavy atom. The molecule has 6 nitrogen and oxygen atoms in total. The highest BCUT2D eigenvalue weighted by atomic mass is 35.5. The first kappa shape index (κ1) is 16.2. The van der Waals surface area contributed by atoms with E-state index in [2.05, 4.69) is 5.32 Å². The van der Waals surface area contributed by atoms with Crippen molar-refractivity contribution < 1.29 is 17.9 Å². The highest BCUT2D eigenvalue weighted by molar-refractivity contribution is 7.89. The molecular weight excluding hydrogens is 316 g/mol. The Morgan fingerprint density at radius 1 is 1.43 bits per heavy atom. The van der Waals surface area contributed by atoms with E-state index < -0.39 is 15.9 Å². The number of nitrogens with two attached hydrogens (primary N) is 1. The lowest BCUT2D eigenvalue weighted by Gasteiger charge is -2.20. The molecule has 1 aliphatic rings. The second-order valence-corrected chi connectivity index (χ2v) is 6.94. The Balaban J connectivity index is 2.23. The van der Waals surface area contributed by atoms with Gasteiger partial charge in [-0.3, -0.25) is 4.79 Å². The number of hydrogen-bond donors (Lipinski definition) is 2. The zero-order valence-corrected chi connectivity index (χ0v) is 13.1. The number of methoxy groups -OCH3 is 1. The van der Waals surface area contributed by atoms with Crippen molar-refractivity contribution in [3.05, 3.63) is 28.8 Å². The van der Waals surface area contributed by atoms with E-state index >= 15 is 0 Å². The molecule has 0 saturated heterocycles. The first-order valence-corrected chi connectivity index (χ1v) is 8.41. The summed E-state index contributed by atoms with van der Waals surface area (Å²) in [5.41, 5.74) is 0.0879. The topological polar surface area (TPSA) is 98.5 Å². The first-order chi connectivity index (χ1) is 9.82. The normalized spacial score (nSPS) is 22.2. The minimum atomic E-state index is -3.88. The molecule has 0 bridgehead atoms. The molecule has 1 aliphatic carbocycles. The van der Waals surface area contributed by atoms with Gasteiger partial charge in [0.2, 0.25) is 10.0 Å². The quantitative estimate of drug-likeness (QED) is 0.867. The SMILES string of the molecule is COC1CCCC1NC(=O)c1cc(S(N)(=O)=O)ccc1Cl. The maximum absolute atomic E-state index is 12.3. The maximum atomic E-state index is 12.3. The molecular formula is C13H17ClN2O4S. The van der Waals surface area contributed by atoms with Gasteiger partial charge in [-0.25, -0.2) is 13.6 Å². The molecule has 116 valence electrons. The molecule has 1 saturated carbocycles. The molecule has 0 aliphatic heterocycles. The molecule has 0 heterocycles. The van der Waals surface area contributed by atoms with Crippen LogP contribution in [0.1, 0.15) is 29.6 Å². The van der Waals surface area contributed by atoms with E-state index in [0.717, 1.165) is 19.3 Å². The van der Waals surface area contributed by atoms with Crippen molar-refractivity contribution in [3.8, 4) is 0 Å². The summed E-state index contributed by atoms with van der Waals surface area (Å²) in [5.74, 6) is -0.431. The van der Waals surface area contributed by atoms with Gasteiger partial charge >= 0.3 is 0 Å². The molecule has 0 radical (unpaired) electrons. The third-order valence-electron chi connectivity index (χ3n) is 3.58. The summed E-state index contributed by atoms with van der Waals surface area (Å²) in [6, 6.07) is 3.70. The van der Waals surface area contributed by atoms with Crippen LogP contribution in [0.15, 0.2) is 23.1 Å². The van der Waals surface area contributed by atoms with Crippen molar-refractivity contribution in [2.45, 2.75) is 36.3 Å². The van der Waals surface area contributed by atoms with Gasteiger partial charge in [0.05, 0.1) is 27.6 Å². The molecule has 1 amide bonds. The van der Waals surface area contributed by atoms with Gasteiger partial charge in [0.1, 0.15) is 0 Å². The summed E-state index contributed by atoms with van der Waals surface area (Å²) < 4.78 is 28.0. The highest BCUT2D eigenvalue weighted by Gasteiger charge is 2.29. The predicted molar refractivity (Wildman–Crippen MR) is 78.7 cm³/mol. The molecule has 2 rings (SSSR count). The summed E-state index contributed by atoms with van der Waals surface area (Å²) in [7, 11) is -2.28. The third-order valence-corrected chi connectivity index (χ3v) is 4.82. The van der Waals surface area contributed by atoms with Crippen LogP contribution in [-0.2, 0) is 14.8 Å². The van der Waals surface area contributed by atoms with Gasteiger partial charge in [0, 0.05) is 7.11 Å². The van der Waals surface area contributed by atoms with E-state index in [1.807, 2.05) is 0 Å². The molecule has 1 fully saturated rings. The van der Waals surface area contributed by atoms with Crippen molar-refractivity contribution in [1.82, 2.24) is 5.32 Å². The lowest BCUT2D eigenvalue weighted by atomic mass is 10.1. The lowest BCUT2D eigenvalue weighted by molar-refractivity contribution is 0.0722. The Hall–Kier alpha value is -1.15. The Labute approximate surface area is 128 Å². The van der Waals surface area contributed by atoms with E-state index in [1.165, 1.54) is 18.2 Å². The smallest absolute Gasteiger partial charge is 0.253 e. The fourth-order valence-electron chi connectivity index (χ4n) is 2.47. The fourth-order valence-corrected chi connectivity index (χ4v) is 3.22. The van der Waals surface area contributed by atoms with Gasteiger partial charge in [-0.1, -0.05) is 11.6 Å². The molecule has 8 heteroatoms. The van der Waals surface area contributed by atoms with Crippen LogP contribution in [-0.4, -0.2) is 33.6 Å². The second kappa shape index (κ2) is 6.31. The fraction of sp³-hybridized carbons (Fsp3) is 0.462. The third kappa shape index (κ3) is 3.74. The molecule has 21 heavy (non-hydrogen) atoms. The predicted octanol–water partition coefficient (Wildman–Crippen LogP) is 1.28. The number of carbonyl (C=O) groups is 1. The van der Waals surface area contributed by atoms with Crippen LogP contribution < -0.4 is 10.5 Å². The van der Waals surface area contributed by atoms with Crippen molar-refractivity contribution >= 4 is 27.5 Å². The number of hydrogen-bond acceptors (Lipinski definition) is 4. The van der Waals surface area contributed by atoms with E-state index in [0.29, 0.717) is 0 Å². The van der Waals surface area contributed by atoms with Gasteiger partial charge in [-0.2, -0.15) is 0 Å². The summed E-state index contributed by atoms with van der Waals surface area (Å²) in [5, 5.41) is 8.07. The summed E-state index contributed by atoms with van der Waals surface area (Å²) in [6.45, 7) is 0. The van der Waals surface area contributed by atoms with Crippen molar-refractivity contribution in [2.24, 2.45) is 5.14 Å². The standard InChI is InChI=1S/C13H17ClN2O4S/c1-20-12-4-2-3-11(12)16-13(17)9-7-8(21(15,18)19)5-6-10(9)14/h5-7,11-12H,2-4H2,1H3,(H,16,17)(H2,15,18,19). The van der Waals surface area contributed by atoms with Crippen LogP contribution in [0.3, 0.4) is 0 Å². The minimum Gasteiger partial charge on any atom is -0.379 e. The maximum Gasteiger partial charge on any atom is 0.253 e. The Morgan fingerprint density at radius 2 is 2.14 bits per heavy atom. The van der Waals surface area contributed by atoms with Crippen molar-refractivity contribution in [2.75, 3.05) is 7.11 Å². The number of nitrogens with one attached hydrogen (secondary N) is 1. The average molecular weight is 333 g/mol. The van der Waals surface area contributed by atoms with Crippen molar-refractivity contribution in [1.29, 1.82) is 0 Å². The average Bonchev–Trinajstić information content (AvgIpc) is 2.84. The molecule has 1 aromatic rings. The number of benzene rings is 1. The Kier molecular flexibility index (Phi) is 4.88. The number of rotatable bonds is 4. The van der Waals surface area contributed by atoms with Crippen LogP contribution in [0.2, 0.25) is 5.02 Å². The zero-order chi connectivity index (χ0) is 15.6. The highest BCUT2D eigenvalue weighted by Crippen LogP contribution is 2.24. The second-order valence-electron chi connectivity index (χ2n) is 4.97. The van der Waals surface area contributed by atoms with E-state index in [-0.39, 0.29) is 27.6 Å². The number of ether oxygens (including phenoxy) is 1. The van der Waals surface area contributed by atoms with Gasteiger partial charge in [-0.15, -0.1) is 0 Å². The van der Waals surface area contributed by atoms with Crippen LogP contribution in [0.4, 0.5) is 0 Å². The number of halogens is 1. The molecule has 1 aromatic carbocycles. The molecule has 2 atom stereocenters. The number of sulfonamides is 1. The number of carbonyl (C=O) groups excluding carboxylic acids is 1. The van der Waals surface area contributed by atoms with Gasteiger partial charge in [0.25, 0.3) is 5.91 Å². The van der Waals surface area contributed by atoms with E-state index in [1.54, 1.807) is 7.11 Å².